The van der Waals surface area contributed by atoms with E-state index in [1.54, 1.807) is 0 Å². The van der Waals surface area contributed by atoms with Gasteiger partial charge in [-0.05, 0) is 6.07 Å². The zero-order valence-corrected chi connectivity index (χ0v) is 6.61. The minimum absolute atomic E-state index is 0.0811. The number of rotatable bonds is 2. The third kappa shape index (κ3) is 1.83. The van der Waals surface area contributed by atoms with E-state index in [2.05, 4.69) is 9.97 Å². The summed E-state index contributed by atoms with van der Waals surface area (Å²) in [5.74, 6) is -0.760. The molecule has 3 N–H and O–H groups in total. The van der Waals surface area contributed by atoms with Gasteiger partial charge in [0.15, 0.2) is 0 Å². The molecule has 0 aromatic carbocycles. The summed E-state index contributed by atoms with van der Waals surface area (Å²) in [4.78, 5) is 17.4. The standard InChI is InChI=1S/C5H5N3O3S/c6-4(9)3-1-2-7-5(8-3)12(10)11/h1-2H,(H2,6,9)(H,10,11). The molecule has 0 fully saturated rings. The molecule has 0 radical (unpaired) electrons. The Bertz CT molecular complexity index is 311. The maximum Gasteiger partial charge on any atom is 0.267 e. The van der Waals surface area contributed by atoms with Crippen LogP contribution in [0.15, 0.2) is 17.4 Å². The molecule has 0 bridgehead atoms. The predicted molar refractivity (Wildman–Crippen MR) is 39.6 cm³/mol. The van der Waals surface area contributed by atoms with Crippen molar-refractivity contribution in [1.82, 2.24) is 9.97 Å². The minimum Gasteiger partial charge on any atom is -0.364 e. The van der Waals surface area contributed by atoms with Gasteiger partial charge in [0, 0.05) is 6.20 Å². The lowest BCUT2D eigenvalue weighted by Gasteiger charge is -1.94. The van der Waals surface area contributed by atoms with Crippen LogP contribution in [0, 0.1) is 0 Å². The molecular weight excluding hydrogens is 182 g/mol. The van der Waals surface area contributed by atoms with E-state index in [1.807, 2.05) is 0 Å². The van der Waals surface area contributed by atoms with Gasteiger partial charge in [0.25, 0.3) is 5.91 Å². The van der Waals surface area contributed by atoms with Crippen LogP contribution in [0.2, 0.25) is 0 Å². The number of carbonyl (C=O) groups is 1. The number of hydrogen-bond donors (Lipinski definition) is 2. The molecule has 1 atom stereocenters. The van der Waals surface area contributed by atoms with Crippen LogP contribution in [0.4, 0.5) is 0 Å². The fourth-order valence-electron chi connectivity index (χ4n) is 0.562. The van der Waals surface area contributed by atoms with E-state index in [1.165, 1.54) is 12.3 Å². The number of nitrogens with zero attached hydrogens (tertiary/aromatic N) is 2. The fourth-order valence-corrected chi connectivity index (χ4v) is 0.890. The van der Waals surface area contributed by atoms with Crippen LogP contribution < -0.4 is 5.73 Å². The first-order valence-electron chi connectivity index (χ1n) is 2.85. The molecule has 0 spiro atoms. The van der Waals surface area contributed by atoms with Gasteiger partial charge >= 0.3 is 0 Å². The second kappa shape index (κ2) is 3.37. The number of nitrogens with two attached hydrogens (primary N) is 1. The summed E-state index contributed by atoms with van der Waals surface area (Å²) in [5, 5.41) is -0.327. The van der Waals surface area contributed by atoms with Crippen molar-refractivity contribution in [3.63, 3.8) is 0 Å². The predicted octanol–water partition coefficient (Wildman–Crippen LogP) is -0.844. The van der Waals surface area contributed by atoms with Crippen molar-refractivity contribution in [3.8, 4) is 0 Å². The molecule has 64 valence electrons. The molecule has 1 heterocycles. The van der Waals surface area contributed by atoms with E-state index in [9.17, 15) is 9.00 Å². The van der Waals surface area contributed by atoms with E-state index in [0.29, 0.717) is 0 Å². The second-order valence-corrected chi connectivity index (χ2v) is 2.70. The summed E-state index contributed by atoms with van der Waals surface area (Å²) in [5.41, 5.74) is 4.79. The van der Waals surface area contributed by atoms with Gasteiger partial charge < -0.3 is 5.73 Å². The molecule has 1 rings (SSSR count). The Labute approximate surface area is 70.1 Å². The van der Waals surface area contributed by atoms with Gasteiger partial charge in [-0.2, -0.15) is 0 Å². The number of primary amides is 1. The molecule has 1 unspecified atom stereocenters. The van der Waals surface area contributed by atoms with Crippen LogP contribution >= 0.6 is 0 Å². The summed E-state index contributed by atoms with van der Waals surface area (Å²) < 4.78 is 18.9. The zero-order chi connectivity index (χ0) is 9.14. The maximum absolute atomic E-state index is 10.5. The van der Waals surface area contributed by atoms with Crippen molar-refractivity contribution >= 4 is 17.0 Å². The highest BCUT2D eigenvalue weighted by Gasteiger charge is 2.07. The molecule has 1 aromatic heterocycles. The normalized spacial score (nSPS) is 12.4. The van der Waals surface area contributed by atoms with Crippen LogP contribution in [-0.4, -0.2) is 24.6 Å². The second-order valence-electron chi connectivity index (χ2n) is 1.84. The van der Waals surface area contributed by atoms with Gasteiger partial charge in [-0.25, -0.2) is 14.2 Å². The lowest BCUT2D eigenvalue weighted by atomic mass is 10.4. The maximum atomic E-state index is 10.5. The first kappa shape index (κ1) is 8.75. The van der Waals surface area contributed by atoms with Gasteiger partial charge in [0.1, 0.15) is 5.69 Å². The molecule has 0 saturated heterocycles. The number of amides is 1. The molecule has 1 amide bonds. The van der Waals surface area contributed by atoms with Crippen molar-refractivity contribution < 1.29 is 13.6 Å². The minimum atomic E-state index is -2.29. The van der Waals surface area contributed by atoms with Crippen molar-refractivity contribution in [3.05, 3.63) is 18.0 Å². The van der Waals surface area contributed by atoms with Gasteiger partial charge in [0.05, 0.1) is 0 Å². The molecule has 0 aliphatic heterocycles. The molecule has 1 aromatic rings. The smallest absolute Gasteiger partial charge is 0.267 e. The fraction of sp³-hybridized carbons (Fsp3) is 0. The highest BCUT2D eigenvalue weighted by molar-refractivity contribution is 7.79. The third-order valence-electron chi connectivity index (χ3n) is 1.04. The van der Waals surface area contributed by atoms with E-state index < -0.39 is 17.0 Å². The molecule has 6 nitrogen and oxygen atoms in total. The van der Waals surface area contributed by atoms with Crippen LogP contribution in [0.3, 0.4) is 0 Å². The van der Waals surface area contributed by atoms with E-state index >= 15 is 0 Å². The summed E-state index contributed by atoms with van der Waals surface area (Å²) in [6.07, 6.45) is 1.19. The van der Waals surface area contributed by atoms with Crippen molar-refractivity contribution in [1.29, 1.82) is 0 Å². The van der Waals surface area contributed by atoms with Crippen molar-refractivity contribution in [2.45, 2.75) is 5.16 Å². The average Bonchev–Trinajstić information content (AvgIpc) is 2.04. The monoisotopic (exact) mass is 187 g/mol. The first-order chi connectivity index (χ1) is 5.61. The summed E-state index contributed by atoms with van der Waals surface area (Å²) in [6, 6.07) is 1.26. The SMILES string of the molecule is NC(=O)c1ccnc(S(=O)O)n1. The van der Waals surface area contributed by atoms with Crippen LogP contribution in [0.5, 0.6) is 0 Å². The summed E-state index contributed by atoms with van der Waals surface area (Å²) >= 11 is -2.29. The lowest BCUT2D eigenvalue weighted by Crippen LogP contribution is -2.14. The Morgan fingerprint density at radius 2 is 2.33 bits per heavy atom. The molecule has 0 aliphatic carbocycles. The first-order valence-corrected chi connectivity index (χ1v) is 3.95. The van der Waals surface area contributed by atoms with Gasteiger partial charge in [0.2, 0.25) is 16.2 Å². The Hall–Kier alpha value is -1.34. The van der Waals surface area contributed by atoms with Crippen molar-refractivity contribution in [2.75, 3.05) is 0 Å². The lowest BCUT2D eigenvalue weighted by molar-refractivity contribution is 0.0994. The summed E-state index contributed by atoms with van der Waals surface area (Å²) in [7, 11) is 0. The molecule has 0 saturated carbocycles. The highest BCUT2D eigenvalue weighted by Crippen LogP contribution is 1.97. The van der Waals surface area contributed by atoms with Gasteiger partial charge in [-0.3, -0.25) is 9.35 Å². The van der Waals surface area contributed by atoms with Crippen LogP contribution in [-0.2, 0) is 11.1 Å². The molecular formula is C5H5N3O3S. The number of carbonyl (C=O) groups excluding carboxylic acids is 1. The molecule has 0 aliphatic rings. The highest BCUT2D eigenvalue weighted by atomic mass is 32.2. The van der Waals surface area contributed by atoms with E-state index in [0.717, 1.165) is 0 Å². The topological polar surface area (TPSA) is 106 Å². The van der Waals surface area contributed by atoms with Crippen LogP contribution in [0.1, 0.15) is 10.5 Å². The quantitative estimate of drug-likeness (QED) is 0.463. The largest absolute Gasteiger partial charge is 0.364 e. The van der Waals surface area contributed by atoms with Crippen molar-refractivity contribution in [2.24, 2.45) is 5.73 Å². The van der Waals surface area contributed by atoms with Gasteiger partial charge in [-0.15, -0.1) is 0 Å². The number of aromatic nitrogens is 2. The molecule has 7 heteroatoms. The Morgan fingerprint density at radius 3 is 2.83 bits per heavy atom. The average molecular weight is 187 g/mol. The molecule has 12 heavy (non-hydrogen) atoms. The van der Waals surface area contributed by atoms with Gasteiger partial charge in [-0.1, -0.05) is 0 Å². The van der Waals surface area contributed by atoms with E-state index in [4.69, 9.17) is 10.3 Å². The van der Waals surface area contributed by atoms with E-state index in [-0.39, 0.29) is 10.9 Å². The summed E-state index contributed by atoms with van der Waals surface area (Å²) in [6.45, 7) is 0. The van der Waals surface area contributed by atoms with Crippen LogP contribution in [0.25, 0.3) is 0 Å². The third-order valence-corrected chi connectivity index (χ3v) is 1.55. The Kier molecular flexibility index (Phi) is 2.46. The number of hydrogen-bond acceptors (Lipinski definition) is 4. The Morgan fingerprint density at radius 1 is 1.67 bits per heavy atom. The Balaban J connectivity index is 3.12. The zero-order valence-electron chi connectivity index (χ0n) is 5.80.